The SMILES string of the molecule is O=C(C=Cc1ccc2c(c1)OCO2)N1CCC(N2CCCCC2)CC1. The number of rotatable bonds is 3. The molecule has 134 valence electrons. The summed E-state index contributed by atoms with van der Waals surface area (Å²) in [6, 6.07) is 6.41. The van der Waals surface area contributed by atoms with Gasteiger partial charge in [-0.2, -0.15) is 0 Å². The molecule has 25 heavy (non-hydrogen) atoms. The first-order valence-electron chi connectivity index (χ1n) is 9.40. The Labute approximate surface area is 149 Å². The van der Waals surface area contributed by atoms with Gasteiger partial charge in [0.1, 0.15) is 0 Å². The van der Waals surface area contributed by atoms with E-state index in [-0.39, 0.29) is 12.7 Å². The molecule has 1 aromatic carbocycles. The van der Waals surface area contributed by atoms with Crippen LogP contribution in [0.1, 0.15) is 37.7 Å². The van der Waals surface area contributed by atoms with Gasteiger partial charge in [0.25, 0.3) is 0 Å². The Kier molecular flexibility index (Phi) is 4.92. The molecule has 0 aromatic heterocycles. The first-order valence-corrected chi connectivity index (χ1v) is 9.40. The van der Waals surface area contributed by atoms with Crippen LogP contribution in [-0.2, 0) is 4.79 Å². The highest BCUT2D eigenvalue weighted by molar-refractivity contribution is 5.92. The zero-order valence-electron chi connectivity index (χ0n) is 14.7. The average molecular weight is 342 g/mol. The summed E-state index contributed by atoms with van der Waals surface area (Å²) in [4.78, 5) is 17.1. The molecule has 4 rings (SSSR count). The Bertz CT molecular complexity index is 644. The standard InChI is InChI=1S/C20H26N2O3/c23-20(7-5-16-4-6-18-19(14-16)25-15-24-18)22-12-8-17(9-13-22)21-10-2-1-3-11-21/h4-7,14,17H,1-3,8-13,15H2. The number of amides is 1. The van der Waals surface area contributed by atoms with Crippen LogP contribution < -0.4 is 9.47 Å². The van der Waals surface area contributed by atoms with Crippen molar-refractivity contribution in [3.8, 4) is 11.5 Å². The van der Waals surface area contributed by atoms with Crippen LogP contribution in [0.5, 0.6) is 11.5 Å². The molecule has 0 bridgehead atoms. The molecule has 0 atom stereocenters. The molecule has 5 nitrogen and oxygen atoms in total. The molecule has 0 aliphatic carbocycles. The number of carbonyl (C=O) groups is 1. The predicted molar refractivity (Wildman–Crippen MR) is 96.6 cm³/mol. The Morgan fingerprint density at radius 3 is 2.56 bits per heavy atom. The van der Waals surface area contributed by atoms with Crippen molar-refractivity contribution >= 4 is 12.0 Å². The molecule has 0 spiro atoms. The van der Waals surface area contributed by atoms with Crippen molar-refractivity contribution in [1.29, 1.82) is 0 Å². The second kappa shape index (κ2) is 7.48. The van der Waals surface area contributed by atoms with Gasteiger partial charge in [-0.3, -0.25) is 4.79 Å². The van der Waals surface area contributed by atoms with Gasteiger partial charge in [-0.1, -0.05) is 12.5 Å². The van der Waals surface area contributed by atoms with Crippen LogP contribution in [0.3, 0.4) is 0 Å². The summed E-state index contributed by atoms with van der Waals surface area (Å²) in [6.45, 7) is 4.48. The molecule has 2 fully saturated rings. The third-order valence-corrected chi connectivity index (χ3v) is 5.50. The van der Waals surface area contributed by atoms with Gasteiger partial charge < -0.3 is 19.3 Å². The van der Waals surface area contributed by atoms with E-state index in [1.807, 2.05) is 29.2 Å². The molecule has 3 aliphatic heterocycles. The lowest BCUT2D eigenvalue weighted by Crippen LogP contribution is -2.47. The fourth-order valence-electron chi connectivity index (χ4n) is 4.02. The Morgan fingerprint density at radius 2 is 1.76 bits per heavy atom. The second-order valence-electron chi connectivity index (χ2n) is 7.10. The van der Waals surface area contributed by atoms with Crippen LogP contribution >= 0.6 is 0 Å². The lowest BCUT2D eigenvalue weighted by Gasteiger charge is -2.40. The molecule has 1 aromatic rings. The number of likely N-dealkylation sites (tertiary alicyclic amines) is 2. The van der Waals surface area contributed by atoms with Crippen LogP contribution in [0, 0.1) is 0 Å². The lowest BCUT2D eigenvalue weighted by atomic mass is 10.00. The minimum absolute atomic E-state index is 0.106. The number of ether oxygens (including phenoxy) is 2. The third kappa shape index (κ3) is 3.82. The Morgan fingerprint density at radius 1 is 1.00 bits per heavy atom. The number of hydrogen-bond donors (Lipinski definition) is 0. The van der Waals surface area contributed by atoms with Gasteiger partial charge in [-0.25, -0.2) is 0 Å². The van der Waals surface area contributed by atoms with Crippen molar-refractivity contribution in [3.05, 3.63) is 29.8 Å². The number of piperidine rings is 2. The summed E-state index contributed by atoms with van der Waals surface area (Å²) < 4.78 is 10.7. The van der Waals surface area contributed by atoms with Gasteiger partial charge in [-0.15, -0.1) is 0 Å². The van der Waals surface area contributed by atoms with Gasteiger partial charge in [0.15, 0.2) is 11.5 Å². The quantitative estimate of drug-likeness (QED) is 0.792. The van der Waals surface area contributed by atoms with Crippen molar-refractivity contribution in [1.82, 2.24) is 9.80 Å². The Hall–Kier alpha value is -2.01. The minimum atomic E-state index is 0.106. The molecule has 0 radical (unpaired) electrons. The number of hydrogen-bond acceptors (Lipinski definition) is 4. The number of nitrogens with zero attached hydrogens (tertiary/aromatic N) is 2. The summed E-state index contributed by atoms with van der Waals surface area (Å²) in [5.41, 5.74) is 0.959. The van der Waals surface area contributed by atoms with Gasteiger partial charge in [0.2, 0.25) is 12.7 Å². The number of carbonyl (C=O) groups excluding carboxylic acids is 1. The largest absolute Gasteiger partial charge is 0.454 e. The molecule has 3 aliphatic rings. The van der Waals surface area contributed by atoms with Crippen molar-refractivity contribution in [3.63, 3.8) is 0 Å². The smallest absolute Gasteiger partial charge is 0.246 e. The van der Waals surface area contributed by atoms with E-state index in [9.17, 15) is 4.79 Å². The first-order chi connectivity index (χ1) is 12.3. The second-order valence-corrected chi connectivity index (χ2v) is 7.10. The Balaban J connectivity index is 1.30. The van der Waals surface area contributed by atoms with E-state index in [2.05, 4.69) is 4.90 Å². The zero-order chi connectivity index (χ0) is 17.1. The van der Waals surface area contributed by atoms with E-state index in [0.717, 1.165) is 43.0 Å². The molecule has 3 heterocycles. The van der Waals surface area contributed by atoms with E-state index in [1.54, 1.807) is 6.08 Å². The molecular weight excluding hydrogens is 316 g/mol. The van der Waals surface area contributed by atoms with Crippen LogP contribution in [0.2, 0.25) is 0 Å². The fraction of sp³-hybridized carbons (Fsp3) is 0.550. The highest BCUT2D eigenvalue weighted by Gasteiger charge is 2.26. The van der Waals surface area contributed by atoms with E-state index in [4.69, 9.17) is 9.47 Å². The van der Waals surface area contributed by atoms with Crippen molar-refractivity contribution in [2.24, 2.45) is 0 Å². The van der Waals surface area contributed by atoms with Gasteiger partial charge in [0, 0.05) is 25.2 Å². The van der Waals surface area contributed by atoms with Gasteiger partial charge >= 0.3 is 0 Å². The molecule has 2 saturated heterocycles. The normalized spacial score (nSPS) is 21.8. The van der Waals surface area contributed by atoms with Crippen molar-refractivity contribution in [2.45, 2.75) is 38.1 Å². The molecule has 1 amide bonds. The molecule has 0 saturated carbocycles. The van der Waals surface area contributed by atoms with E-state index >= 15 is 0 Å². The molecule has 0 unspecified atom stereocenters. The van der Waals surface area contributed by atoms with Crippen LogP contribution in [0.25, 0.3) is 6.08 Å². The van der Waals surface area contributed by atoms with Crippen molar-refractivity contribution < 1.29 is 14.3 Å². The number of fused-ring (bicyclic) bond motifs is 1. The highest BCUT2D eigenvalue weighted by atomic mass is 16.7. The highest BCUT2D eigenvalue weighted by Crippen LogP contribution is 2.32. The summed E-state index contributed by atoms with van der Waals surface area (Å²) in [5.74, 6) is 1.62. The fourth-order valence-corrected chi connectivity index (χ4v) is 4.02. The first kappa shape index (κ1) is 16.5. The lowest BCUT2D eigenvalue weighted by molar-refractivity contribution is -0.127. The minimum Gasteiger partial charge on any atom is -0.454 e. The van der Waals surface area contributed by atoms with Gasteiger partial charge in [0.05, 0.1) is 0 Å². The monoisotopic (exact) mass is 342 g/mol. The van der Waals surface area contributed by atoms with E-state index in [1.165, 1.54) is 32.4 Å². The maximum atomic E-state index is 12.5. The summed E-state index contributed by atoms with van der Waals surface area (Å²) in [7, 11) is 0. The van der Waals surface area contributed by atoms with Crippen LogP contribution in [0.15, 0.2) is 24.3 Å². The molecule has 0 N–H and O–H groups in total. The average Bonchev–Trinajstić information content (AvgIpc) is 3.15. The van der Waals surface area contributed by atoms with E-state index < -0.39 is 0 Å². The summed E-state index contributed by atoms with van der Waals surface area (Å²) in [6.07, 6.45) is 9.78. The molecule has 5 heteroatoms. The third-order valence-electron chi connectivity index (χ3n) is 5.50. The topological polar surface area (TPSA) is 42.0 Å². The molecular formula is C20H26N2O3. The van der Waals surface area contributed by atoms with Crippen molar-refractivity contribution in [2.75, 3.05) is 33.0 Å². The van der Waals surface area contributed by atoms with Gasteiger partial charge in [-0.05, 0) is 62.5 Å². The summed E-state index contributed by atoms with van der Waals surface area (Å²) in [5, 5.41) is 0. The predicted octanol–water partition coefficient (Wildman–Crippen LogP) is 2.91. The number of benzene rings is 1. The maximum absolute atomic E-state index is 12.5. The van der Waals surface area contributed by atoms with Crippen LogP contribution in [0.4, 0.5) is 0 Å². The van der Waals surface area contributed by atoms with Crippen LogP contribution in [-0.4, -0.2) is 54.7 Å². The van der Waals surface area contributed by atoms with E-state index in [0.29, 0.717) is 6.04 Å². The zero-order valence-corrected chi connectivity index (χ0v) is 14.7. The summed E-state index contributed by atoms with van der Waals surface area (Å²) >= 11 is 0. The maximum Gasteiger partial charge on any atom is 0.246 e.